The molecule has 4 aromatic rings. The molecule has 0 spiro atoms. The highest BCUT2D eigenvalue weighted by Gasteiger charge is 2.49. The molecule has 6 nitrogen and oxygen atoms in total. The van der Waals surface area contributed by atoms with Crippen LogP contribution in [0.2, 0.25) is 0 Å². The fourth-order valence-corrected chi connectivity index (χ4v) is 6.25. The van der Waals surface area contributed by atoms with Crippen molar-refractivity contribution in [2.45, 2.75) is 23.9 Å². The molecule has 1 aliphatic heterocycles. The van der Waals surface area contributed by atoms with E-state index < -0.39 is 17.3 Å². The van der Waals surface area contributed by atoms with E-state index in [1.807, 2.05) is 10.4 Å². The first-order valence-electron chi connectivity index (χ1n) is 12.2. The van der Waals surface area contributed by atoms with Crippen molar-refractivity contribution in [3.63, 3.8) is 0 Å². The number of pyridine rings is 2. The van der Waals surface area contributed by atoms with E-state index in [-0.39, 0.29) is 18.1 Å². The largest absolute Gasteiger partial charge is 0.433 e. The Hall–Kier alpha value is -3.83. The number of hydrogen-bond donors (Lipinski definition) is 0. The van der Waals surface area contributed by atoms with Crippen LogP contribution in [0, 0.1) is 11.2 Å². The van der Waals surface area contributed by atoms with Gasteiger partial charge in [-0.1, -0.05) is 11.6 Å². The summed E-state index contributed by atoms with van der Waals surface area (Å²) >= 11 is 1.18. The molecule has 2 aliphatic rings. The van der Waals surface area contributed by atoms with Gasteiger partial charge in [0, 0.05) is 30.4 Å². The van der Waals surface area contributed by atoms with Crippen LogP contribution in [0.1, 0.15) is 33.9 Å². The number of carbonyl (C=O) groups excluding carboxylic acids is 1. The molecule has 4 heterocycles. The van der Waals surface area contributed by atoms with Crippen LogP contribution in [0.5, 0.6) is 0 Å². The Bertz CT molecular complexity index is 1570. The third kappa shape index (κ3) is 4.76. The Labute approximate surface area is 225 Å². The van der Waals surface area contributed by atoms with Crippen molar-refractivity contribution in [2.75, 3.05) is 13.1 Å². The van der Waals surface area contributed by atoms with Crippen molar-refractivity contribution in [1.82, 2.24) is 24.1 Å². The van der Waals surface area contributed by atoms with Crippen LogP contribution in [0.15, 0.2) is 83.7 Å². The lowest BCUT2D eigenvalue weighted by Crippen LogP contribution is -2.49. The van der Waals surface area contributed by atoms with Crippen molar-refractivity contribution < 1.29 is 22.4 Å². The van der Waals surface area contributed by atoms with Crippen molar-refractivity contribution in [2.24, 2.45) is 5.41 Å². The van der Waals surface area contributed by atoms with Crippen LogP contribution >= 0.6 is 11.9 Å². The lowest BCUT2D eigenvalue weighted by molar-refractivity contribution is -0.141. The van der Waals surface area contributed by atoms with Gasteiger partial charge in [0.1, 0.15) is 17.2 Å². The minimum absolute atomic E-state index is 0.148. The number of benzene rings is 1. The third-order valence-electron chi connectivity index (χ3n) is 7.04. The Morgan fingerprint density at radius 2 is 1.85 bits per heavy atom. The SMILES string of the molecule is O=C(c1ccccn1)C12Cc3cnn(-c4ccc(F)cc4)c3C=C1CCN(Sc1ccnc(C(F)(F)F)c1)C2. The van der Waals surface area contributed by atoms with Crippen molar-refractivity contribution in [3.8, 4) is 5.69 Å². The second kappa shape index (κ2) is 9.73. The predicted octanol–water partition coefficient (Wildman–Crippen LogP) is 6.04. The summed E-state index contributed by atoms with van der Waals surface area (Å²) in [6.45, 7) is 0.807. The molecule has 0 amide bonds. The Morgan fingerprint density at radius 1 is 1.03 bits per heavy atom. The van der Waals surface area contributed by atoms with Crippen molar-refractivity contribution >= 4 is 23.8 Å². The van der Waals surface area contributed by atoms with E-state index >= 15 is 0 Å². The van der Waals surface area contributed by atoms with Gasteiger partial charge in [0.25, 0.3) is 0 Å². The van der Waals surface area contributed by atoms with Gasteiger partial charge in [0.05, 0.1) is 23.0 Å². The van der Waals surface area contributed by atoms with E-state index in [0.717, 1.165) is 29.1 Å². The number of nitrogens with zero attached hydrogens (tertiary/aromatic N) is 5. The molecule has 0 radical (unpaired) electrons. The second-order valence-electron chi connectivity index (χ2n) is 9.50. The van der Waals surface area contributed by atoms with E-state index in [1.54, 1.807) is 47.4 Å². The molecule has 39 heavy (non-hydrogen) atoms. The summed E-state index contributed by atoms with van der Waals surface area (Å²) in [7, 11) is 0. The molecule has 1 fully saturated rings. The molecule has 1 aromatic carbocycles. The molecule has 198 valence electrons. The van der Waals surface area contributed by atoms with Crippen molar-refractivity contribution in [3.05, 3.63) is 107 Å². The summed E-state index contributed by atoms with van der Waals surface area (Å²) in [6.07, 6.45) is 2.74. The first kappa shape index (κ1) is 25.4. The number of rotatable bonds is 5. The fourth-order valence-electron chi connectivity index (χ4n) is 5.20. The van der Waals surface area contributed by atoms with Gasteiger partial charge in [-0.2, -0.15) is 18.3 Å². The molecular weight excluding hydrogens is 530 g/mol. The van der Waals surface area contributed by atoms with Gasteiger partial charge in [-0.05, 0) is 85.0 Å². The number of alkyl halides is 3. The predicted molar refractivity (Wildman–Crippen MR) is 137 cm³/mol. The topological polar surface area (TPSA) is 63.9 Å². The first-order chi connectivity index (χ1) is 18.7. The van der Waals surface area contributed by atoms with Gasteiger partial charge >= 0.3 is 6.18 Å². The average molecular weight is 552 g/mol. The molecule has 6 rings (SSSR count). The zero-order chi connectivity index (χ0) is 27.2. The number of ketones is 1. The summed E-state index contributed by atoms with van der Waals surface area (Å²) in [6, 6.07) is 13.8. The van der Waals surface area contributed by atoms with Gasteiger partial charge in [-0.25, -0.2) is 13.4 Å². The summed E-state index contributed by atoms with van der Waals surface area (Å²) < 4.78 is 56.9. The summed E-state index contributed by atoms with van der Waals surface area (Å²) in [5, 5.41) is 4.53. The molecule has 1 aliphatic carbocycles. The Balaban J connectivity index is 1.37. The molecule has 0 bridgehead atoms. The van der Waals surface area contributed by atoms with E-state index in [4.69, 9.17) is 0 Å². The quantitative estimate of drug-likeness (QED) is 0.171. The van der Waals surface area contributed by atoms with E-state index in [1.165, 1.54) is 30.1 Å². The van der Waals surface area contributed by atoms with Crippen LogP contribution in [0.4, 0.5) is 17.6 Å². The summed E-state index contributed by atoms with van der Waals surface area (Å²) in [5.41, 5.74) is 1.69. The molecule has 0 N–H and O–H groups in total. The fraction of sp³-hybridized carbons (Fsp3) is 0.214. The van der Waals surface area contributed by atoms with Crippen molar-refractivity contribution in [1.29, 1.82) is 0 Å². The van der Waals surface area contributed by atoms with Gasteiger partial charge in [-0.3, -0.25) is 14.8 Å². The molecule has 1 unspecified atom stereocenters. The smallest absolute Gasteiger partial charge is 0.291 e. The highest BCUT2D eigenvalue weighted by Crippen LogP contribution is 2.48. The molecule has 1 saturated heterocycles. The van der Waals surface area contributed by atoms with Gasteiger partial charge < -0.3 is 0 Å². The molecule has 0 saturated carbocycles. The van der Waals surface area contributed by atoms with E-state index in [9.17, 15) is 22.4 Å². The highest BCUT2D eigenvalue weighted by atomic mass is 32.2. The first-order valence-corrected chi connectivity index (χ1v) is 13.0. The standard InChI is InChI=1S/C28H21F4N5OS/c29-20-4-6-21(7-5-20)37-24-13-19-9-12-36(39-22-8-11-34-25(14-22)28(30,31)32)17-27(19,15-18(24)16-35-37)26(38)23-3-1-2-10-33-23/h1-8,10-11,13-14,16H,9,12,15,17H2. The third-order valence-corrected chi connectivity index (χ3v) is 8.08. The molecular formula is C28H21F4N5OS. The summed E-state index contributed by atoms with van der Waals surface area (Å²) in [5.74, 6) is -0.495. The Morgan fingerprint density at radius 3 is 2.59 bits per heavy atom. The second-order valence-corrected chi connectivity index (χ2v) is 10.7. The van der Waals surface area contributed by atoms with Crippen LogP contribution in [-0.4, -0.2) is 42.9 Å². The maximum atomic E-state index is 14.1. The molecule has 11 heteroatoms. The molecule has 1 atom stereocenters. The van der Waals surface area contributed by atoms with Crippen LogP contribution < -0.4 is 0 Å². The number of piperidine rings is 1. The maximum absolute atomic E-state index is 14.1. The zero-order valence-corrected chi connectivity index (χ0v) is 21.2. The number of carbonyl (C=O) groups is 1. The molecule has 3 aromatic heterocycles. The average Bonchev–Trinajstić information content (AvgIpc) is 3.34. The number of Topliss-reactive ketones (excluding diaryl/α,β-unsaturated/α-hetero) is 1. The lowest BCUT2D eigenvalue weighted by Gasteiger charge is -2.44. The van der Waals surface area contributed by atoms with E-state index in [0.29, 0.717) is 35.7 Å². The lowest BCUT2D eigenvalue weighted by atomic mass is 9.65. The Kier molecular flexibility index (Phi) is 6.35. The van der Waals surface area contributed by atoms with Crippen LogP contribution in [0.25, 0.3) is 11.8 Å². The van der Waals surface area contributed by atoms with Gasteiger partial charge in [0.2, 0.25) is 0 Å². The van der Waals surface area contributed by atoms with Gasteiger partial charge in [-0.15, -0.1) is 0 Å². The maximum Gasteiger partial charge on any atom is 0.433 e. The minimum atomic E-state index is -4.55. The normalized spacial score (nSPS) is 19.2. The summed E-state index contributed by atoms with van der Waals surface area (Å²) in [4.78, 5) is 22.3. The van der Waals surface area contributed by atoms with Crippen LogP contribution in [0.3, 0.4) is 0 Å². The van der Waals surface area contributed by atoms with E-state index in [2.05, 4.69) is 15.1 Å². The highest BCUT2D eigenvalue weighted by molar-refractivity contribution is 7.97. The number of aromatic nitrogens is 4. The monoisotopic (exact) mass is 551 g/mol. The van der Waals surface area contributed by atoms with Crippen LogP contribution in [-0.2, 0) is 12.6 Å². The van der Waals surface area contributed by atoms with Gasteiger partial charge in [0.15, 0.2) is 5.78 Å². The number of halogens is 4. The zero-order valence-electron chi connectivity index (χ0n) is 20.4. The number of fused-ring (bicyclic) bond motifs is 2. The number of hydrogen-bond acceptors (Lipinski definition) is 6. The minimum Gasteiger partial charge on any atom is -0.291 e.